The molecule has 0 atom stereocenters. The number of fused-ring (bicyclic) bond motifs is 1. The zero-order valence-electron chi connectivity index (χ0n) is 11.7. The molecule has 0 saturated carbocycles. The molecule has 0 unspecified atom stereocenters. The van der Waals surface area contributed by atoms with Crippen molar-refractivity contribution in [2.75, 3.05) is 7.11 Å². The Kier molecular flexibility index (Phi) is 4.44. The summed E-state index contributed by atoms with van der Waals surface area (Å²) >= 11 is 7.55. The first-order chi connectivity index (χ1) is 10.2. The van der Waals surface area contributed by atoms with E-state index in [-0.39, 0.29) is 0 Å². The Morgan fingerprint density at radius 2 is 1.81 bits per heavy atom. The van der Waals surface area contributed by atoms with Gasteiger partial charge in [0.15, 0.2) is 0 Å². The van der Waals surface area contributed by atoms with E-state index in [1.165, 1.54) is 21.2 Å². The van der Waals surface area contributed by atoms with Crippen LogP contribution in [0.3, 0.4) is 0 Å². The molecule has 2 aromatic carbocycles. The third kappa shape index (κ3) is 3.56. The Labute approximate surface area is 133 Å². The van der Waals surface area contributed by atoms with Crippen molar-refractivity contribution in [2.24, 2.45) is 0 Å². The minimum Gasteiger partial charge on any atom is -0.497 e. The van der Waals surface area contributed by atoms with Gasteiger partial charge in [0.25, 0.3) is 0 Å². The van der Waals surface area contributed by atoms with E-state index < -0.39 is 0 Å². The van der Waals surface area contributed by atoms with Crippen molar-refractivity contribution in [1.29, 1.82) is 0 Å². The van der Waals surface area contributed by atoms with Gasteiger partial charge in [-0.25, -0.2) is 0 Å². The minimum absolute atomic E-state index is 0.839. The van der Waals surface area contributed by atoms with Crippen LogP contribution in [0.4, 0.5) is 0 Å². The molecule has 0 spiro atoms. The summed E-state index contributed by atoms with van der Waals surface area (Å²) in [6.45, 7) is 1.69. The average molecular weight is 318 g/mol. The second-order valence-corrected chi connectivity index (χ2v) is 6.66. The number of hydrogen-bond donors (Lipinski definition) is 1. The fourth-order valence-electron chi connectivity index (χ4n) is 2.29. The molecular formula is C17H16ClNOS. The smallest absolute Gasteiger partial charge is 0.119 e. The molecule has 3 aromatic rings. The predicted molar refractivity (Wildman–Crippen MR) is 90.4 cm³/mol. The van der Waals surface area contributed by atoms with Gasteiger partial charge < -0.3 is 10.1 Å². The van der Waals surface area contributed by atoms with Crippen molar-refractivity contribution in [3.05, 3.63) is 63.3 Å². The van der Waals surface area contributed by atoms with Crippen LogP contribution >= 0.6 is 22.9 Å². The minimum atomic E-state index is 0.839. The topological polar surface area (TPSA) is 21.3 Å². The highest BCUT2D eigenvalue weighted by atomic mass is 35.5. The largest absolute Gasteiger partial charge is 0.497 e. The molecule has 108 valence electrons. The maximum atomic E-state index is 5.93. The molecule has 0 aliphatic heterocycles. The zero-order chi connectivity index (χ0) is 14.7. The first-order valence-electron chi connectivity index (χ1n) is 6.76. The summed E-state index contributed by atoms with van der Waals surface area (Å²) in [5.41, 5.74) is 1.27. The molecule has 0 bridgehead atoms. The molecule has 4 heteroatoms. The van der Waals surface area contributed by atoms with Crippen molar-refractivity contribution in [3.63, 3.8) is 0 Å². The molecule has 0 fully saturated rings. The van der Waals surface area contributed by atoms with Gasteiger partial charge in [0.1, 0.15) is 5.75 Å². The number of nitrogens with one attached hydrogen (secondary N) is 1. The Bertz CT molecular complexity index is 753. The van der Waals surface area contributed by atoms with E-state index in [2.05, 4.69) is 41.7 Å². The third-order valence-corrected chi connectivity index (χ3v) is 4.60. The molecule has 0 aliphatic carbocycles. The molecule has 0 radical (unpaired) electrons. The monoisotopic (exact) mass is 317 g/mol. The van der Waals surface area contributed by atoms with E-state index in [0.717, 1.165) is 23.2 Å². The van der Waals surface area contributed by atoms with Crippen LogP contribution in [0.1, 0.15) is 10.4 Å². The first-order valence-corrected chi connectivity index (χ1v) is 7.96. The molecule has 1 heterocycles. The summed E-state index contributed by atoms with van der Waals surface area (Å²) in [6.07, 6.45) is 0. The number of thiophene rings is 1. The van der Waals surface area contributed by atoms with Gasteiger partial charge in [-0.15, -0.1) is 11.3 Å². The lowest BCUT2D eigenvalue weighted by Gasteiger charge is -2.07. The van der Waals surface area contributed by atoms with Crippen LogP contribution in [0.15, 0.2) is 48.5 Å². The highest BCUT2D eigenvalue weighted by Crippen LogP contribution is 2.23. The maximum absolute atomic E-state index is 5.93. The van der Waals surface area contributed by atoms with E-state index in [1.54, 1.807) is 18.4 Å². The van der Waals surface area contributed by atoms with Gasteiger partial charge in [0.2, 0.25) is 0 Å². The number of rotatable bonds is 5. The highest BCUT2D eigenvalue weighted by Gasteiger charge is 2.00. The Morgan fingerprint density at radius 3 is 2.57 bits per heavy atom. The van der Waals surface area contributed by atoms with E-state index >= 15 is 0 Å². The average Bonchev–Trinajstić information content (AvgIpc) is 2.92. The van der Waals surface area contributed by atoms with Gasteiger partial charge in [-0.05, 0) is 46.7 Å². The van der Waals surface area contributed by atoms with E-state index in [4.69, 9.17) is 16.3 Å². The summed E-state index contributed by atoms with van der Waals surface area (Å²) in [5.74, 6) is 0.892. The van der Waals surface area contributed by atoms with Crippen molar-refractivity contribution in [1.82, 2.24) is 5.32 Å². The Hall–Kier alpha value is -1.55. The SMILES string of the molecule is COc1ccc2cc(CNCc3ccc(Cl)s3)ccc2c1. The fourth-order valence-corrected chi connectivity index (χ4v) is 3.34. The summed E-state index contributed by atoms with van der Waals surface area (Å²) in [5, 5.41) is 5.87. The van der Waals surface area contributed by atoms with Crippen LogP contribution < -0.4 is 10.1 Å². The molecular weight excluding hydrogens is 302 g/mol. The van der Waals surface area contributed by atoms with Crippen LogP contribution in [0.5, 0.6) is 5.75 Å². The molecule has 0 amide bonds. The van der Waals surface area contributed by atoms with Crippen LogP contribution in [-0.2, 0) is 13.1 Å². The second kappa shape index (κ2) is 6.48. The van der Waals surface area contributed by atoms with Crippen LogP contribution in [0.2, 0.25) is 4.34 Å². The van der Waals surface area contributed by atoms with E-state index in [1.807, 2.05) is 12.1 Å². The fraction of sp³-hybridized carbons (Fsp3) is 0.176. The highest BCUT2D eigenvalue weighted by molar-refractivity contribution is 7.16. The molecule has 21 heavy (non-hydrogen) atoms. The Balaban J connectivity index is 1.67. The third-order valence-electron chi connectivity index (χ3n) is 3.37. The van der Waals surface area contributed by atoms with Crippen molar-refractivity contribution >= 4 is 33.7 Å². The number of ether oxygens (including phenoxy) is 1. The van der Waals surface area contributed by atoms with Gasteiger partial charge in [-0.3, -0.25) is 0 Å². The van der Waals surface area contributed by atoms with Gasteiger partial charge in [0, 0.05) is 18.0 Å². The lowest BCUT2D eigenvalue weighted by molar-refractivity contribution is 0.415. The summed E-state index contributed by atoms with van der Waals surface area (Å²) in [7, 11) is 1.69. The zero-order valence-corrected chi connectivity index (χ0v) is 13.3. The van der Waals surface area contributed by atoms with E-state index in [0.29, 0.717) is 0 Å². The molecule has 0 aliphatic rings. The predicted octanol–water partition coefficient (Wildman–Crippen LogP) is 4.85. The van der Waals surface area contributed by atoms with Gasteiger partial charge in [-0.2, -0.15) is 0 Å². The summed E-state index contributed by atoms with van der Waals surface area (Å²) in [4.78, 5) is 1.26. The second-order valence-electron chi connectivity index (χ2n) is 4.86. The van der Waals surface area contributed by atoms with Crippen molar-refractivity contribution < 1.29 is 4.74 Å². The molecule has 2 nitrogen and oxygen atoms in total. The lowest BCUT2D eigenvalue weighted by Crippen LogP contribution is -2.11. The van der Waals surface area contributed by atoms with Gasteiger partial charge in [-0.1, -0.05) is 29.8 Å². The molecule has 1 aromatic heterocycles. The molecule has 3 rings (SSSR count). The van der Waals surface area contributed by atoms with Crippen molar-refractivity contribution in [3.8, 4) is 5.75 Å². The molecule has 0 saturated heterocycles. The van der Waals surface area contributed by atoms with Crippen LogP contribution in [-0.4, -0.2) is 7.11 Å². The molecule has 1 N–H and O–H groups in total. The summed E-state index contributed by atoms with van der Waals surface area (Å²) < 4.78 is 6.09. The first kappa shape index (κ1) is 14.4. The quantitative estimate of drug-likeness (QED) is 0.726. The number of benzene rings is 2. The Morgan fingerprint density at radius 1 is 1.00 bits per heavy atom. The lowest BCUT2D eigenvalue weighted by atomic mass is 10.1. The van der Waals surface area contributed by atoms with Crippen molar-refractivity contribution in [2.45, 2.75) is 13.1 Å². The van der Waals surface area contributed by atoms with Gasteiger partial charge in [0.05, 0.1) is 11.4 Å². The normalized spacial score (nSPS) is 11.0. The van der Waals surface area contributed by atoms with Crippen LogP contribution in [0.25, 0.3) is 10.8 Å². The standard InChI is InChI=1S/C17H16ClNOS/c1-20-15-5-4-13-8-12(2-3-14(13)9-15)10-19-11-16-6-7-17(18)21-16/h2-9,19H,10-11H2,1H3. The number of hydrogen-bond acceptors (Lipinski definition) is 3. The van der Waals surface area contributed by atoms with Gasteiger partial charge >= 0.3 is 0 Å². The number of methoxy groups -OCH3 is 1. The maximum Gasteiger partial charge on any atom is 0.119 e. The summed E-state index contributed by atoms with van der Waals surface area (Å²) in [6, 6.07) is 16.6. The van der Waals surface area contributed by atoms with E-state index in [9.17, 15) is 0 Å². The van der Waals surface area contributed by atoms with Crippen LogP contribution in [0, 0.1) is 0 Å². The number of halogens is 1.